The largest absolute Gasteiger partial charge is 0.383 e. The summed E-state index contributed by atoms with van der Waals surface area (Å²) in [4.78, 5) is 20.1. The molecule has 2 N–H and O–H groups in total. The van der Waals surface area contributed by atoms with Crippen molar-refractivity contribution in [3.05, 3.63) is 17.0 Å². The summed E-state index contributed by atoms with van der Waals surface area (Å²) in [7, 11) is 1.58. The number of aromatic nitrogens is 4. The van der Waals surface area contributed by atoms with Crippen LogP contribution in [0.5, 0.6) is 0 Å². The van der Waals surface area contributed by atoms with Crippen LogP contribution >= 0.6 is 11.6 Å². The van der Waals surface area contributed by atoms with Crippen LogP contribution in [0, 0.1) is 6.92 Å². The molecule has 2 rings (SSSR count). The first-order valence-electron chi connectivity index (χ1n) is 6.43. The molecule has 21 heavy (non-hydrogen) atoms. The van der Waals surface area contributed by atoms with Crippen molar-refractivity contribution in [3.63, 3.8) is 0 Å². The van der Waals surface area contributed by atoms with Gasteiger partial charge in [0.15, 0.2) is 0 Å². The molecule has 0 bridgehead atoms. The predicted octanol–water partition coefficient (Wildman–Crippen LogP) is 0.649. The van der Waals surface area contributed by atoms with E-state index in [0.717, 1.165) is 0 Å². The Morgan fingerprint density at radius 2 is 2.33 bits per heavy atom. The molecule has 0 fully saturated rings. The van der Waals surface area contributed by atoms with E-state index < -0.39 is 6.04 Å². The van der Waals surface area contributed by atoms with E-state index in [1.54, 1.807) is 21.0 Å². The second-order valence-electron chi connectivity index (χ2n) is 4.50. The molecule has 0 aliphatic carbocycles. The SMILES string of the molecule is COCCNC(=O)C(C)Nc1c(C)c(Cl)nc2ncnn12. The number of nitrogens with zero attached hydrogens (tertiary/aromatic N) is 4. The number of hydrogen-bond acceptors (Lipinski definition) is 6. The van der Waals surface area contributed by atoms with E-state index in [2.05, 4.69) is 25.7 Å². The maximum Gasteiger partial charge on any atom is 0.255 e. The number of carbonyl (C=O) groups is 1. The third-order valence-electron chi connectivity index (χ3n) is 2.96. The molecule has 114 valence electrons. The van der Waals surface area contributed by atoms with Crippen LogP contribution < -0.4 is 10.6 Å². The number of methoxy groups -OCH3 is 1. The number of hydrogen-bond donors (Lipinski definition) is 2. The molecule has 2 aromatic rings. The molecular formula is C12H17ClN6O2. The fourth-order valence-corrected chi connectivity index (χ4v) is 1.93. The summed E-state index contributed by atoms with van der Waals surface area (Å²) in [6.07, 6.45) is 1.38. The number of rotatable bonds is 6. The van der Waals surface area contributed by atoms with Crippen LogP contribution in [0.1, 0.15) is 12.5 Å². The number of anilines is 1. The summed E-state index contributed by atoms with van der Waals surface area (Å²) in [5, 5.41) is 10.3. The normalized spacial score (nSPS) is 12.4. The van der Waals surface area contributed by atoms with Gasteiger partial charge in [0.05, 0.1) is 6.61 Å². The van der Waals surface area contributed by atoms with Gasteiger partial charge in [-0.05, 0) is 13.8 Å². The highest BCUT2D eigenvalue weighted by atomic mass is 35.5. The number of carbonyl (C=O) groups excluding carboxylic acids is 1. The van der Waals surface area contributed by atoms with Gasteiger partial charge in [0.2, 0.25) is 5.91 Å². The summed E-state index contributed by atoms with van der Waals surface area (Å²) >= 11 is 6.07. The standard InChI is InChI=1S/C12H17ClN6O2/c1-7-9(13)18-12-15-6-16-19(12)10(7)17-8(2)11(20)14-4-5-21-3/h6,8,17H,4-5H2,1-3H3,(H,14,20). The van der Waals surface area contributed by atoms with Gasteiger partial charge in [-0.25, -0.2) is 0 Å². The lowest BCUT2D eigenvalue weighted by atomic mass is 10.2. The van der Waals surface area contributed by atoms with Crippen molar-refractivity contribution in [2.45, 2.75) is 19.9 Å². The molecule has 2 heterocycles. The average Bonchev–Trinajstić information content (AvgIpc) is 2.91. The third kappa shape index (κ3) is 3.40. The van der Waals surface area contributed by atoms with Crippen LogP contribution in [0.15, 0.2) is 6.33 Å². The fraction of sp³-hybridized carbons (Fsp3) is 0.500. The van der Waals surface area contributed by atoms with Gasteiger partial charge in [0.1, 0.15) is 23.3 Å². The lowest BCUT2D eigenvalue weighted by molar-refractivity contribution is -0.121. The molecule has 0 aliphatic rings. The summed E-state index contributed by atoms with van der Waals surface area (Å²) in [6.45, 7) is 4.47. The van der Waals surface area contributed by atoms with Crippen LogP contribution in [0.4, 0.5) is 5.82 Å². The van der Waals surface area contributed by atoms with Gasteiger partial charge in [-0.1, -0.05) is 11.6 Å². The number of amides is 1. The summed E-state index contributed by atoms with van der Waals surface area (Å²) < 4.78 is 6.40. The van der Waals surface area contributed by atoms with Crippen LogP contribution in [-0.2, 0) is 9.53 Å². The zero-order valence-corrected chi connectivity index (χ0v) is 12.8. The van der Waals surface area contributed by atoms with Gasteiger partial charge in [-0.3, -0.25) is 4.79 Å². The minimum atomic E-state index is -0.466. The van der Waals surface area contributed by atoms with Crippen molar-refractivity contribution in [2.75, 3.05) is 25.6 Å². The molecule has 8 nitrogen and oxygen atoms in total. The van der Waals surface area contributed by atoms with Crippen LogP contribution in [0.2, 0.25) is 5.15 Å². The Kier molecular flexibility index (Phi) is 4.92. The second-order valence-corrected chi connectivity index (χ2v) is 4.86. The van der Waals surface area contributed by atoms with Crippen LogP contribution in [0.25, 0.3) is 5.78 Å². The zero-order valence-electron chi connectivity index (χ0n) is 12.1. The Hall–Kier alpha value is -1.93. The van der Waals surface area contributed by atoms with Gasteiger partial charge < -0.3 is 15.4 Å². The zero-order chi connectivity index (χ0) is 15.4. The molecule has 0 radical (unpaired) electrons. The summed E-state index contributed by atoms with van der Waals surface area (Å²) in [5.74, 6) is 0.824. The predicted molar refractivity (Wildman–Crippen MR) is 78.5 cm³/mol. The average molecular weight is 313 g/mol. The van der Waals surface area contributed by atoms with Crippen molar-refractivity contribution in [2.24, 2.45) is 0 Å². The minimum Gasteiger partial charge on any atom is -0.383 e. The van der Waals surface area contributed by atoms with E-state index in [-0.39, 0.29) is 5.91 Å². The summed E-state index contributed by atoms with van der Waals surface area (Å²) in [5.41, 5.74) is 0.700. The molecule has 0 aliphatic heterocycles. The number of ether oxygens (including phenoxy) is 1. The van der Waals surface area contributed by atoms with Gasteiger partial charge in [0, 0.05) is 19.2 Å². The van der Waals surface area contributed by atoms with Gasteiger partial charge >= 0.3 is 0 Å². The third-order valence-corrected chi connectivity index (χ3v) is 3.32. The van der Waals surface area contributed by atoms with Crippen molar-refractivity contribution in [1.82, 2.24) is 24.9 Å². The molecular weight excluding hydrogens is 296 g/mol. The Morgan fingerprint density at radius 3 is 3.05 bits per heavy atom. The molecule has 1 amide bonds. The molecule has 0 saturated heterocycles. The van der Waals surface area contributed by atoms with E-state index in [9.17, 15) is 4.79 Å². The van der Waals surface area contributed by atoms with Crippen molar-refractivity contribution in [1.29, 1.82) is 0 Å². The van der Waals surface area contributed by atoms with Gasteiger partial charge in [-0.15, -0.1) is 0 Å². The quantitative estimate of drug-likeness (QED) is 0.601. The molecule has 2 aromatic heterocycles. The molecule has 1 atom stereocenters. The van der Waals surface area contributed by atoms with Gasteiger partial charge in [0.25, 0.3) is 5.78 Å². The number of fused-ring (bicyclic) bond motifs is 1. The van der Waals surface area contributed by atoms with Crippen molar-refractivity contribution >= 4 is 29.1 Å². The molecule has 0 spiro atoms. The Morgan fingerprint density at radius 1 is 1.57 bits per heavy atom. The Bertz CT molecular complexity index is 644. The lowest BCUT2D eigenvalue weighted by Crippen LogP contribution is -2.39. The molecule has 9 heteroatoms. The molecule has 0 aromatic carbocycles. The smallest absolute Gasteiger partial charge is 0.255 e. The lowest BCUT2D eigenvalue weighted by Gasteiger charge is -2.17. The number of halogens is 1. The van der Waals surface area contributed by atoms with E-state index in [0.29, 0.717) is 35.5 Å². The highest BCUT2D eigenvalue weighted by molar-refractivity contribution is 6.30. The highest BCUT2D eigenvalue weighted by Gasteiger charge is 2.18. The van der Waals surface area contributed by atoms with E-state index in [1.165, 1.54) is 10.8 Å². The highest BCUT2D eigenvalue weighted by Crippen LogP contribution is 2.22. The summed E-state index contributed by atoms with van der Waals surface area (Å²) in [6, 6.07) is -0.466. The molecule has 1 unspecified atom stereocenters. The topological polar surface area (TPSA) is 93.4 Å². The van der Waals surface area contributed by atoms with E-state index in [4.69, 9.17) is 16.3 Å². The Balaban J connectivity index is 2.17. The van der Waals surface area contributed by atoms with E-state index in [1.807, 2.05) is 0 Å². The maximum absolute atomic E-state index is 12.0. The first-order valence-corrected chi connectivity index (χ1v) is 6.81. The number of nitrogens with one attached hydrogen (secondary N) is 2. The van der Waals surface area contributed by atoms with Crippen LogP contribution in [-0.4, -0.2) is 51.8 Å². The van der Waals surface area contributed by atoms with Crippen molar-refractivity contribution in [3.8, 4) is 0 Å². The van der Waals surface area contributed by atoms with Crippen LogP contribution in [0.3, 0.4) is 0 Å². The van der Waals surface area contributed by atoms with Gasteiger partial charge in [-0.2, -0.15) is 19.6 Å². The maximum atomic E-state index is 12.0. The Labute approximate surface area is 126 Å². The monoisotopic (exact) mass is 312 g/mol. The second kappa shape index (κ2) is 6.68. The first kappa shape index (κ1) is 15.5. The first-order chi connectivity index (χ1) is 10.0. The molecule has 0 saturated carbocycles. The minimum absolute atomic E-state index is 0.146. The van der Waals surface area contributed by atoms with E-state index >= 15 is 0 Å². The van der Waals surface area contributed by atoms with Crippen molar-refractivity contribution < 1.29 is 9.53 Å². The fourth-order valence-electron chi connectivity index (χ4n) is 1.77.